The molecular weight excluding hydrogens is 360 g/mol. The number of rotatable bonds is 6. The van der Waals surface area contributed by atoms with E-state index < -0.39 is 0 Å². The summed E-state index contributed by atoms with van der Waals surface area (Å²) in [6, 6.07) is 19.0. The summed E-state index contributed by atoms with van der Waals surface area (Å²) in [6.07, 6.45) is 0.897. The standard InChI is InChI=1S/C25H28N2O2/c1-18-6-3-4-8-22(18)23-9-5-7-21(19(23)2)17-29-25-11-10-20-16-27(14-15-28)13-12-24(20)26-25/h3-11,28H,12-17H2,1-2H3. The van der Waals surface area contributed by atoms with Crippen LogP contribution in [0.3, 0.4) is 0 Å². The second kappa shape index (κ2) is 8.76. The molecule has 0 amide bonds. The van der Waals surface area contributed by atoms with Gasteiger partial charge in [-0.2, -0.15) is 0 Å². The number of aromatic nitrogens is 1. The van der Waals surface area contributed by atoms with Gasteiger partial charge in [0.2, 0.25) is 5.88 Å². The highest BCUT2D eigenvalue weighted by atomic mass is 16.5. The molecule has 3 aromatic rings. The van der Waals surface area contributed by atoms with Crippen LogP contribution < -0.4 is 4.74 Å². The fraction of sp³-hybridized carbons (Fsp3) is 0.320. The zero-order chi connectivity index (χ0) is 20.2. The van der Waals surface area contributed by atoms with Gasteiger partial charge in [-0.1, -0.05) is 48.5 Å². The molecular formula is C25H28N2O2. The fourth-order valence-electron chi connectivity index (χ4n) is 4.03. The molecule has 4 heteroatoms. The second-order valence-corrected chi connectivity index (χ2v) is 7.70. The van der Waals surface area contributed by atoms with Crippen LogP contribution in [0.15, 0.2) is 54.6 Å². The first-order valence-electron chi connectivity index (χ1n) is 10.2. The third-order valence-corrected chi connectivity index (χ3v) is 5.77. The van der Waals surface area contributed by atoms with E-state index in [9.17, 15) is 0 Å². The summed E-state index contributed by atoms with van der Waals surface area (Å²) in [5.41, 5.74) is 8.58. The van der Waals surface area contributed by atoms with E-state index in [-0.39, 0.29) is 6.61 Å². The van der Waals surface area contributed by atoms with Crippen LogP contribution in [-0.4, -0.2) is 34.7 Å². The van der Waals surface area contributed by atoms with Crippen LogP contribution in [0, 0.1) is 13.8 Å². The molecule has 4 rings (SSSR count). The third kappa shape index (κ3) is 4.34. The van der Waals surface area contributed by atoms with Crippen molar-refractivity contribution in [1.29, 1.82) is 0 Å². The lowest BCUT2D eigenvalue weighted by Crippen LogP contribution is -2.33. The maximum Gasteiger partial charge on any atom is 0.213 e. The molecule has 0 atom stereocenters. The zero-order valence-electron chi connectivity index (χ0n) is 17.2. The van der Waals surface area contributed by atoms with Gasteiger partial charge in [-0.3, -0.25) is 4.90 Å². The Kier molecular flexibility index (Phi) is 5.93. The number of nitrogens with zero attached hydrogens (tertiary/aromatic N) is 2. The van der Waals surface area contributed by atoms with Crippen molar-refractivity contribution in [2.24, 2.45) is 0 Å². The van der Waals surface area contributed by atoms with Gasteiger partial charge in [0.15, 0.2) is 0 Å². The quantitative estimate of drug-likeness (QED) is 0.684. The van der Waals surface area contributed by atoms with Crippen LogP contribution in [-0.2, 0) is 19.6 Å². The Labute approximate surface area is 172 Å². The van der Waals surface area contributed by atoms with Gasteiger partial charge in [-0.15, -0.1) is 0 Å². The molecule has 0 unspecified atom stereocenters. The van der Waals surface area contributed by atoms with Crippen LogP contribution in [0.4, 0.5) is 0 Å². The van der Waals surface area contributed by atoms with Gasteiger partial charge in [-0.05, 0) is 47.2 Å². The highest BCUT2D eigenvalue weighted by Crippen LogP contribution is 2.29. The van der Waals surface area contributed by atoms with Gasteiger partial charge in [0.1, 0.15) is 6.61 Å². The normalized spacial score (nSPS) is 13.9. The van der Waals surface area contributed by atoms with Crippen molar-refractivity contribution in [3.8, 4) is 17.0 Å². The van der Waals surface area contributed by atoms with E-state index in [1.54, 1.807) is 0 Å². The number of aliphatic hydroxyl groups is 1. The van der Waals surface area contributed by atoms with E-state index in [0.29, 0.717) is 19.0 Å². The lowest BCUT2D eigenvalue weighted by Gasteiger charge is -2.27. The van der Waals surface area contributed by atoms with Crippen LogP contribution in [0.25, 0.3) is 11.1 Å². The number of aliphatic hydroxyl groups excluding tert-OH is 1. The van der Waals surface area contributed by atoms with Gasteiger partial charge >= 0.3 is 0 Å². The fourth-order valence-corrected chi connectivity index (χ4v) is 4.03. The average Bonchev–Trinajstić information content (AvgIpc) is 2.74. The Morgan fingerprint density at radius 1 is 1.00 bits per heavy atom. The molecule has 0 saturated heterocycles. The van der Waals surface area contributed by atoms with Gasteiger partial charge in [0.25, 0.3) is 0 Å². The molecule has 4 nitrogen and oxygen atoms in total. The maximum absolute atomic E-state index is 9.14. The average molecular weight is 389 g/mol. The third-order valence-electron chi connectivity index (χ3n) is 5.77. The minimum atomic E-state index is 0.199. The monoisotopic (exact) mass is 388 g/mol. The van der Waals surface area contributed by atoms with Crippen LogP contribution in [0.1, 0.15) is 27.9 Å². The lowest BCUT2D eigenvalue weighted by molar-refractivity contribution is 0.183. The van der Waals surface area contributed by atoms with E-state index in [4.69, 9.17) is 14.8 Å². The second-order valence-electron chi connectivity index (χ2n) is 7.70. The summed E-state index contributed by atoms with van der Waals surface area (Å²) in [7, 11) is 0. The molecule has 0 bridgehead atoms. The molecule has 150 valence electrons. The zero-order valence-corrected chi connectivity index (χ0v) is 17.2. The minimum Gasteiger partial charge on any atom is -0.473 e. The first-order valence-corrected chi connectivity index (χ1v) is 10.2. The number of fused-ring (bicyclic) bond motifs is 1. The molecule has 1 aliphatic rings. The SMILES string of the molecule is Cc1ccccc1-c1cccc(COc2ccc3c(n2)CCN(CCO)C3)c1C. The topological polar surface area (TPSA) is 45.6 Å². The molecule has 0 fully saturated rings. The number of aryl methyl sites for hydroxylation is 1. The molecule has 29 heavy (non-hydrogen) atoms. The summed E-state index contributed by atoms with van der Waals surface area (Å²) in [5.74, 6) is 0.681. The van der Waals surface area contributed by atoms with Crippen LogP contribution in [0.2, 0.25) is 0 Å². The Balaban J connectivity index is 1.49. The Morgan fingerprint density at radius 2 is 1.83 bits per heavy atom. The van der Waals surface area contributed by atoms with Crippen molar-refractivity contribution >= 4 is 0 Å². The Hall–Kier alpha value is -2.69. The molecule has 1 N–H and O–H groups in total. The first kappa shape index (κ1) is 19.6. The highest BCUT2D eigenvalue weighted by Gasteiger charge is 2.17. The molecule has 0 saturated carbocycles. The summed E-state index contributed by atoms with van der Waals surface area (Å²) >= 11 is 0. The molecule has 1 aromatic heterocycles. The summed E-state index contributed by atoms with van der Waals surface area (Å²) in [6.45, 7) is 7.52. The lowest BCUT2D eigenvalue weighted by atomic mass is 9.94. The van der Waals surface area contributed by atoms with Gasteiger partial charge in [0, 0.05) is 32.1 Å². The van der Waals surface area contributed by atoms with Gasteiger partial charge in [0.05, 0.1) is 12.3 Å². The van der Waals surface area contributed by atoms with E-state index in [2.05, 4.69) is 67.3 Å². The minimum absolute atomic E-state index is 0.199. The molecule has 0 radical (unpaired) electrons. The van der Waals surface area contributed by atoms with Crippen molar-refractivity contribution in [2.75, 3.05) is 19.7 Å². The summed E-state index contributed by atoms with van der Waals surface area (Å²) in [5, 5.41) is 9.14. The molecule has 2 heterocycles. The molecule has 0 spiro atoms. The van der Waals surface area contributed by atoms with Crippen molar-refractivity contribution in [3.05, 3.63) is 82.5 Å². The Morgan fingerprint density at radius 3 is 2.66 bits per heavy atom. The number of hydrogen-bond acceptors (Lipinski definition) is 4. The smallest absolute Gasteiger partial charge is 0.213 e. The number of hydrogen-bond donors (Lipinski definition) is 1. The number of ether oxygens (including phenoxy) is 1. The number of β-amino-alcohol motifs (C(OH)–C–C–N with tert-alkyl or cyclic N) is 1. The molecule has 0 aliphatic carbocycles. The van der Waals surface area contributed by atoms with Gasteiger partial charge in [-0.25, -0.2) is 4.98 Å². The summed E-state index contributed by atoms with van der Waals surface area (Å²) in [4.78, 5) is 6.99. The predicted octanol–water partition coefficient (Wildman–Crippen LogP) is 4.29. The predicted molar refractivity (Wildman–Crippen MR) is 116 cm³/mol. The van der Waals surface area contributed by atoms with Gasteiger partial charge < -0.3 is 9.84 Å². The largest absolute Gasteiger partial charge is 0.473 e. The number of pyridine rings is 1. The number of benzene rings is 2. The van der Waals surface area contributed by atoms with Crippen molar-refractivity contribution in [3.63, 3.8) is 0 Å². The van der Waals surface area contributed by atoms with E-state index in [1.807, 2.05) is 6.07 Å². The molecule has 1 aliphatic heterocycles. The van der Waals surface area contributed by atoms with Crippen molar-refractivity contribution < 1.29 is 9.84 Å². The highest BCUT2D eigenvalue weighted by molar-refractivity contribution is 5.71. The van der Waals surface area contributed by atoms with E-state index in [0.717, 1.165) is 25.2 Å². The first-order chi connectivity index (χ1) is 14.2. The summed E-state index contributed by atoms with van der Waals surface area (Å²) < 4.78 is 6.07. The van der Waals surface area contributed by atoms with E-state index >= 15 is 0 Å². The molecule has 2 aromatic carbocycles. The van der Waals surface area contributed by atoms with Crippen LogP contribution in [0.5, 0.6) is 5.88 Å². The Bertz CT molecular complexity index is 1000. The van der Waals surface area contributed by atoms with Crippen molar-refractivity contribution in [2.45, 2.75) is 33.4 Å². The van der Waals surface area contributed by atoms with Crippen molar-refractivity contribution in [1.82, 2.24) is 9.88 Å². The van der Waals surface area contributed by atoms with Crippen LogP contribution >= 0.6 is 0 Å². The van der Waals surface area contributed by atoms with E-state index in [1.165, 1.54) is 33.4 Å². The maximum atomic E-state index is 9.14.